The lowest BCUT2D eigenvalue weighted by molar-refractivity contribution is 0.630. The number of para-hydroxylation sites is 4. The van der Waals surface area contributed by atoms with Crippen molar-refractivity contribution < 1.29 is 8.78 Å². The van der Waals surface area contributed by atoms with Crippen LogP contribution in [0.2, 0.25) is 0 Å². The second kappa shape index (κ2) is 17.4. The number of hydrogen-bond acceptors (Lipinski definition) is 2. The third-order valence-corrected chi connectivity index (χ3v) is 14.5. The highest BCUT2D eigenvalue weighted by Crippen LogP contribution is 2.47. The van der Waals surface area contributed by atoms with E-state index in [1.807, 2.05) is 50.2 Å². The van der Waals surface area contributed by atoms with Gasteiger partial charge in [-0.2, -0.15) is 0 Å². The molecule has 0 aromatic heterocycles. The third-order valence-electron chi connectivity index (χ3n) is 14.5. The molecule has 0 aliphatic carbocycles. The maximum Gasteiger partial charge on any atom is 0.131 e. The monoisotopic (exact) mass is 928 g/mol. The summed E-state index contributed by atoms with van der Waals surface area (Å²) in [5, 5.41) is 12.9. The van der Waals surface area contributed by atoms with Crippen molar-refractivity contribution in [3.63, 3.8) is 0 Å². The van der Waals surface area contributed by atoms with Gasteiger partial charge >= 0.3 is 0 Å². The number of benzene rings is 13. The fraction of sp³-hybridized carbons (Fsp3) is 0.0294. The van der Waals surface area contributed by atoms with E-state index in [1.165, 1.54) is 0 Å². The molecule has 0 radical (unpaired) electrons. The molecule has 0 saturated heterocycles. The van der Waals surface area contributed by atoms with Gasteiger partial charge in [0.15, 0.2) is 0 Å². The molecule has 13 rings (SSSR count). The largest absolute Gasteiger partial charge is 0.310 e. The molecule has 0 aliphatic heterocycles. The van der Waals surface area contributed by atoms with E-state index in [9.17, 15) is 0 Å². The molecule has 0 unspecified atom stereocenters. The van der Waals surface area contributed by atoms with Gasteiger partial charge in [-0.3, -0.25) is 0 Å². The van der Waals surface area contributed by atoms with Gasteiger partial charge in [-0.15, -0.1) is 0 Å². The van der Waals surface area contributed by atoms with Crippen molar-refractivity contribution in [3.05, 3.63) is 265 Å². The van der Waals surface area contributed by atoms with Gasteiger partial charge in [-0.05, 0) is 210 Å². The second-order valence-electron chi connectivity index (χ2n) is 18.8. The smallest absolute Gasteiger partial charge is 0.131 e. The predicted molar refractivity (Wildman–Crippen MR) is 301 cm³/mol. The molecule has 0 heterocycles. The Bertz CT molecular complexity index is 3850. The minimum Gasteiger partial charge on any atom is -0.310 e. The van der Waals surface area contributed by atoms with Crippen LogP contribution in [0.15, 0.2) is 243 Å². The average molecular weight is 929 g/mol. The molecule has 13 aromatic carbocycles. The first-order valence-electron chi connectivity index (χ1n) is 24.5. The summed E-state index contributed by atoms with van der Waals surface area (Å²) in [7, 11) is 0. The van der Waals surface area contributed by atoms with E-state index in [4.69, 9.17) is 0 Å². The highest BCUT2D eigenvalue weighted by Gasteiger charge is 2.21. The van der Waals surface area contributed by atoms with Crippen LogP contribution in [-0.4, -0.2) is 0 Å². The van der Waals surface area contributed by atoms with Crippen molar-refractivity contribution in [1.29, 1.82) is 0 Å². The van der Waals surface area contributed by atoms with Gasteiger partial charge in [-0.1, -0.05) is 133 Å². The fourth-order valence-corrected chi connectivity index (χ4v) is 11.3. The quantitative estimate of drug-likeness (QED) is 0.111. The van der Waals surface area contributed by atoms with Gasteiger partial charge in [0.05, 0.1) is 0 Å². The predicted octanol–water partition coefficient (Wildman–Crippen LogP) is 19.8. The summed E-state index contributed by atoms with van der Waals surface area (Å²) in [6, 6.07) is 83.6. The summed E-state index contributed by atoms with van der Waals surface area (Å²) >= 11 is 0. The Kier molecular flexibility index (Phi) is 10.4. The molecular formula is C68H46F2N2. The average Bonchev–Trinajstić information content (AvgIpc) is 3.42. The number of aryl methyl sites for hydroxylation is 2. The first-order valence-corrected chi connectivity index (χ1v) is 24.5. The van der Waals surface area contributed by atoms with E-state index in [1.54, 1.807) is 24.3 Å². The number of anilines is 6. The summed E-state index contributed by atoms with van der Waals surface area (Å²) in [6.45, 7) is 3.95. The number of halogens is 2. The molecule has 0 fully saturated rings. The van der Waals surface area contributed by atoms with E-state index >= 15 is 8.78 Å². The number of rotatable bonds is 8. The van der Waals surface area contributed by atoms with Crippen LogP contribution in [0.5, 0.6) is 0 Å². The van der Waals surface area contributed by atoms with Crippen LogP contribution in [-0.2, 0) is 0 Å². The summed E-state index contributed by atoms with van der Waals surface area (Å²) in [4.78, 5) is 4.59. The minimum atomic E-state index is -0.247. The molecule has 342 valence electrons. The molecule has 0 amide bonds. The first kappa shape index (κ1) is 42.9. The van der Waals surface area contributed by atoms with Gasteiger partial charge < -0.3 is 9.80 Å². The maximum absolute atomic E-state index is 16.0. The molecule has 0 atom stereocenters. The summed E-state index contributed by atoms with van der Waals surface area (Å²) in [5.74, 6) is -0.495. The van der Waals surface area contributed by atoms with Crippen molar-refractivity contribution in [1.82, 2.24) is 0 Å². The Morgan fingerprint density at radius 3 is 0.861 bits per heavy atom. The van der Waals surface area contributed by atoms with E-state index in [2.05, 4.69) is 192 Å². The van der Waals surface area contributed by atoms with E-state index < -0.39 is 0 Å². The topological polar surface area (TPSA) is 6.48 Å². The van der Waals surface area contributed by atoms with E-state index in [0.717, 1.165) is 121 Å². The van der Waals surface area contributed by atoms with Crippen molar-refractivity contribution in [3.8, 4) is 22.3 Å². The normalized spacial score (nSPS) is 11.6. The molecule has 0 bridgehead atoms. The van der Waals surface area contributed by atoms with Gasteiger partial charge in [0.1, 0.15) is 11.6 Å². The summed E-state index contributed by atoms with van der Waals surface area (Å²) in [5.41, 5.74) is 10.8. The van der Waals surface area contributed by atoms with Gasteiger partial charge in [0, 0.05) is 45.3 Å². The van der Waals surface area contributed by atoms with E-state index in [-0.39, 0.29) is 11.6 Å². The van der Waals surface area contributed by atoms with Crippen LogP contribution in [0, 0.1) is 25.5 Å². The molecule has 0 spiro atoms. The first-order chi connectivity index (χ1) is 35.4. The number of hydrogen-bond donors (Lipinski definition) is 0. The third kappa shape index (κ3) is 7.14. The molecule has 72 heavy (non-hydrogen) atoms. The fourth-order valence-electron chi connectivity index (χ4n) is 11.3. The van der Waals surface area contributed by atoms with Crippen LogP contribution >= 0.6 is 0 Å². The van der Waals surface area contributed by atoms with Crippen molar-refractivity contribution in [2.45, 2.75) is 13.8 Å². The Morgan fingerprint density at radius 1 is 0.236 bits per heavy atom. The van der Waals surface area contributed by atoms with E-state index in [0.29, 0.717) is 11.1 Å². The Labute approximate surface area is 416 Å². The zero-order valence-corrected chi connectivity index (χ0v) is 39.7. The Hall–Kier alpha value is -9.12. The lowest BCUT2D eigenvalue weighted by atomic mass is 9.86. The number of fused-ring (bicyclic) bond motifs is 12. The molecule has 0 saturated carbocycles. The highest BCUT2D eigenvalue weighted by atomic mass is 19.1. The molecule has 0 aliphatic rings. The van der Waals surface area contributed by atoms with Crippen LogP contribution in [0.1, 0.15) is 11.1 Å². The SMILES string of the molecule is Cc1cccc(F)c1-c1ccc2c(c1)c1cc3c4ccc(N(c5ccccc5)c5ccccc5)cc4c4ccc(-c5c(C)cccc5F)cc4c3cc1c1ccc(N(c3ccccc3)c3ccccc3)cc21. The highest BCUT2D eigenvalue weighted by molar-refractivity contribution is 6.33. The summed E-state index contributed by atoms with van der Waals surface area (Å²) < 4.78 is 32.0. The molecular weight excluding hydrogens is 883 g/mol. The maximum atomic E-state index is 16.0. The lowest BCUT2D eigenvalue weighted by Crippen LogP contribution is -2.09. The zero-order valence-electron chi connectivity index (χ0n) is 39.7. The van der Waals surface area contributed by atoms with Crippen LogP contribution in [0.4, 0.5) is 42.9 Å². The van der Waals surface area contributed by atoms with Crippen LogP contribution in [0.25, 0.3) is 86.9 Å². The zero-order chi connectivity index (χ0) is 48.5. The van der Waals surface area contributed by atoms with Crippen molar-refractivity contribution in [2.75, 3.05) is 9.80 Å². The van der Waals surface area contributed by atoms with Crippen LogP contribution < -0.4 is 9.80 Å². The minimum absolute atomic E-state index is 0.247. The van der Waals surface area contributed by atoms with Crippen molar-refractivity contribution >= 4 is 98.8 Å². The summed E-state index contributed by atoms with van der Waals surface area (Å²) in [6.07, 6.45) is 0. The second-order valence-corrected chi connectivity index (χ2v) is 18.8. The molecule has 2 nitrogen and oxygen atoms in total. The molecule has 4 heteroatoms. The van der Waals surface area contributed by atoms with Crippen molar-refractivity contribution in [2.24, 2.45) is 0 Å². The molecule has 13 aromatic rings. The van der Waals surface area contributed by atoms with Gasteiger partial charge in [-0.25, -0.2) is 8.78 Å². The standard InChI is InChI=1S/C68H46F2N2/c1-43-17-15-27-65(69)67(43)45-29-33-53-57(37-45)63-41-62-56-36-32-52(72(49-23-11-5-12-24-49)50-25-13-6-14-26-50)40-60(56)54-34-30-46(68-44(2)18-16-28-66(68)70)38-58(54)64(62)42-61(63)55-35-31-51(39-59(53)55)71(47-19-7-3-8-20-47)48-21-9-4-10-22-48/h3-42H,1-2H3. The molecule has 0 N–H and O–H groups in total. The lowest BCUT2D eigenvalue weighted by Gasteiger charge is -2.26. The number of nitrogens with zero attached hydrogens (tertiary/aromatic N) is 2. The van der Waals surface area contributed by atoms with Gasteiger partial charge in [0.2, 0.25) is 0 Å². The van der Waals surface area contributed by atoms with Crippen LogP contribution in [0.3, 0.4) is 0 Å². The Morgan fingerprint density at radius 2 is 0.528 bits per heavy atom. The van der Waals surface area contributed by atoms with Gasteiger partial charge in [0.25, 0.3) is 0 Å². The Balaban J connectivity index is 1.15.